The number of carbonyl (C=O) groups is 3. The van der Waals surface area contributed by atoms with Crippen LogP contribution in [0.25, 0.3) is 0 Å². The predicted octanol–water partition coefficient (Wildman–Crippen LogP) is -0.458. The molecule has 0 unspecified atom stereocenters. The van der Waals surface area contributed by atoms with Crippen LogP contribution in [-0.4, -0.2) is 38.0 Å². The predicted molar refractivity (Wildman–Crippen MR) is 41.7 cm³/mol. The molecule has 0 saturated carbocycles. The van der Waals surface area contributed by atoms with Crippen LogP contribution < -0.4 is 0 Å². The molecule has 0 N–H and O–H groups in total. The number of carbonyl (C=O) groups excluding carboxylic acids is 3. The van der Waals surface area contributed by atoms with E-state index in [9.17, 15) is 17.4 Å². The zero-order chi connectivity index (χ0) is 11.4. The number of rotatable bonds is 3. The van der Waals surface area contributed by atoms with Gasteiger partial charge in [-0.3, -0.25) is 0 Å². The molecular weight excluding hydrogens is 306 g/mol. The molecule has 7 nitrogen and oxygen atoms in total. The fourth-order valence-electron chi connectivity index (χ4n) is 0.528. The second-order valence-electron chi connectivity index (χ2n) is 2.20. The van der Waals surface area contributed by atoms with Crippen molar-refractivity contribution in [1.29, 1.82) is 0 Å². The van der Waals surface area contributed by atoms with E-state index in [1.165, 1.54) is 0 Å². The van der Waals surface area contributed by atoms with Gasteiger partial charge in [0.05, 0.1) is 0 Å². The molecule has 0 amide bonds. The van der Waals surface area contributed by atoms with Gasteiger partial charge in [-0.15, -0.1) is 0 Å². The molecule has 0 aliphatic carbocycles. The Morgan fingerprint density at radius 3 is 1.14 bits per heavy atom. The van der Waals surface area contributed by atoms with Crippen LogP contribution in [-0.2, 0) is 26.4 Å². The summed E-state index contributed by atoms with van der Waals surface area (Å²) in [5.74, 6) is -2.85. The first-order chi connectivity index (χ1) is 6.25. The van der Waals surface area contributed by atoms with Crippen molar-refractivity contribution in [1.82, 2.24) is 0 Å². The van der Waals surface area contributed by atoms with Gasteiger partial charge in [0, 0.05) is 0 Å². The summed E-state index contributed by atoms with van der Waals surface area (Å²) in [7, 11) is 0. The van der Waals surface area contributed by atoms with Gasteiger partial charge in [0.25, 0.3) is 0 Å². The second kappa shape index (κ2) is 5.05. The molecule has 0 aromatic rings. The average Bonchev–Trinajstić information content (AvgIpc) is 1.76. The van der Waals surface area contributed by atoms with Crippen LogP contribution in [0.1, 0.15) is 20.8 Å². The fraction of sp³-hybridized carbons (Fsp3) is 0.500. The van der Waals surface area contributed by atoms with E-state index >= 15 is 0 Å². The molecule has 14 heavy (non-hydrogen) atoms. The SMILES string of the molecule is CC(=O)[O][Sb](=[O])([O]C(C)=O)[O]C(C)=O. The maximum atomic E-state index is 11.4. The summed E-state index contributed by atoms with van der Waals surface area (Å²) in [6.07, 6.45) is 0. The second-order valence-corrected chi connectivity index (χ2v) is 6.31. The van der Waals surface area contributed by atoms with Gasteiger partial charge in [-0.25, -0.2) is 0 Å². The van der Waals surface area contributed by atoms with Gasteiger partial charge < -0.3 is 0 Å². The maximum absolute atomic E-state index is 11.4. The molecule has 0 atom stereocenters. The molecule has 0 aliphatic rings. The first kappa shape index (κ1) is 13.0. The molecule has 0 aromatic heterocycles. The quantitative estimate of drug-likeness (QED) is 0.650. The molecule has 0 radical (unpaired) electrons. The van der Waals surface area contributed by atoms with Gasteiger partial charge >= 0.3 is 85.2 Å². The van der Waals surface area contributed by atoms with Gasteiger partial charge in [-0.1, -0.05) is 0 Å². The van der Waals surface area contributed by atoms with Gasteiger partial charge in [-0.2, -0.15) is 0 Å². The van der Waals surface area contributed by atoms with Crippen molar-refractivity contribution >= 4 is 38.0 Å². The van der Waals surface area contributed by atoms with E-state index in [1.807, 2.05) is 0 Å². The average molecular weight is 315 g/mol. The topological polar surface area (TPSA) is 96.0 Å². The summed E-state index contributed by atoms with van der Waals surface area (Å²) >= 11 is -5.40. The Balaban J connectivity index is 4.66. The summed E-state index contributed by atoms with van der Waals surface area (Å²) in [5.41, 5.74) is 0. The first-order valence-electron chi connectivity index (χ1n) is 3.46. The van der Waals surface area contributed by atoms with E-state index in [2.05, 4.69) is 9.05 Å². The number of hydrogen-bond donors (Lipinski definition) is 0. The summed E-state index contributed by atoms with van der Waals surface area (Å²) in [6.45, 7) is 2.86. The zero-order valence-corrected chi connectivity index (χ0v) is 10.4. The monoisotopic (exact) mass is 314 g/mol. The van der Waals surface area contributed by atoms with Crippen LogP contribution in [0, 0.1) is 0 Å². The third-order valence-corrected chi connectivity index (χ3v) is 4.84. The van der Waals surface area contributed by atoms with E-state index in [0.717, 1.165) is 20.8 Å². The minimum absolute atomic E-state index is 0.950. The van der Waals surface area contributed by atoms with Gasteiger partial charge in [0.1, 0.15) is 0 Å². The third-order valence-electron chi connectivity index (χ3n) is 0.721. The number of hydrogen-bond acceptors (Lipinski definition) is 7. The van der Waals surface area contributed by atoms with Gasteiger partial charge in [-0.05, 0) is 0 Å². The Hall–Kier alpha value is -0.972. The van der Waals surface area contributed by atoms with E-state index in [4.69, 9.17) is 0 Å². The van der Waals surface area contributed by atoms with Crippen LogP contribution in [0.5, 0.6) is 0 Å². The Morgan fingerprint density at radius 1 is 0.786 bits per heavy atom. The van der Waals surface area contributed by atoms with Crippen LogP contribution in [0.4, 0.5) is 0 Å². The zero-order valence-electron chi connectivity index (χ0n) is 7.80. The Labute approximate surface area is 85.4 Å². The Kier molecular flexibility index (Phi) is 4.69. The van der Waals surface area contributed by atoms with Crippen molar-refractivity contribution in [2.24, 2.45) is 0 Å². The van der Waals surface area contributed by atoms with Crippen molar-refractivity contribution in [3.8, 4) is 0 Å². The molecule has 80 valence electrons. The third kappa shape index (κ3) is 5.64. The molecule has 0 saturated heterocycles. The van der Waals surface area contributed by atoms with Crippen LogP contribution in [0.2, 0.25) is 0 Å². The molecule has 0 heterocycles. The molecule has 0 fully saturated rings. The summed E-state index contributed by atoms with van der Waals surface area (Å²) in [6, 6.07) is 0. The normalized spacial score (nSPS) is 10.2. The Bertz CT molecular complexity index is 260. The van der Waals surface area contributed by atoms with Crippen molar-refractivity contribution in [3.05, 3.63) is 0 Å². The van der Waals surface area contributed by atoms with E-state index < -0.39 is 38.0 Å². The van der Waals surface area contributed by atoms with Gasteiger partial charge in [0.2, 0.25) is 0 Å². The molecule has 0 rings (SSSR count). The molecule has 0 bridgehead atoms. The van der Waals surface area contributed by atoms with Crippen molar-refractivity contribution in [2.45, 2.75) is 20.8 Å². The first-order valence-corrected chi connectivity index (χ1v) is 7.62. The van der Waals surface area contributed by atoms with Crippen molar-refractivity contribution < 1.29 is 26.4 Å². The molecule has 0 aromatic carbocycles. The van der Waals surface area contributed by atoms with Crippen molar-refractivity contribution in [2.75, 3.05) is 0 Å². The molecular formula is C6H9O7Sb. The fourth-order valence-corrected chi connectivity index (χ4v) is 3.54. The minimum atomic E-state index is -5.40. The summed E-state index contributed by atoms with van der Waals surface area (Å²) in [4.78, 5) is 31.4. The van der Waals surface area contributed by atoms with E-state index in [0.29, 0.717) is 0 Å². The summed E-state index contributed by atoms with van der Waals surface area (Å²) < 4.78 is 23.9. The van der Waals surface area contributed by atoms with Crippen LogP contribution in [0.15, 0.2) is 0 Å². The Morgan fingerprint density at radius 2 is 1.00 bits per heavy atom. The van der Waals surface area contributed by atoms with E-state index in [-0.39, 0.29) is 0 Å². The van der Waals surface area contributed by atoms with Crippen LogP contribution in [0.3, 0.4) is 0 Å². The molecule has 0 aliphatic heterocycles. The van der Waals surface area contributed by atoms with Crippen molar-refractivity contribution in [3.63, 3.8) is 0 Å². The molecule has 8 heteroatoms. The van der Waals surface area contributed by atoms with Crippen LogP contribution >= 0.6 is 0 Å². The standard InChI is InChI=1S/3C2H4O2.O.Sb/c3*1-2(3)4;;/h3*1H3,(H,3,4);;/q;;;;+3/p-3. The van der Waals surface area contributed by atoms with E-state index in [1.54, 1.807) is 0 Å². The molecule has 0 spiro atoms. The summed E-state index contributed by atoms with van der Waals surface area (Å²) in [5, 5.41) is 0. The van der Waals surface area contributed by atoms with Gasteiger partial charge in [0.15, 0.2) is 0 Å².